The van der Waals surface area contributed by atoms with Gasteiger partial charge in [0.05, 0.1) is 5.56 Å². The molecule has 0 unspecified atom stereocenters. The first-order valence-electron chi connectivity index (χ1n) is 10.2. The van der Waals surface area contributed by atoms with Crippen molar-refractivity contribution in [2.45, 2.75) is 19.8 Å². The second-order valence-corrected chi connectivity index (χ2v) is 7.50. The molecule has 146 valence electrons. The molecule has 0 N–H and O–H groups in total. The minimum atomic E-state index is -0.265. The fourth-order valence-corrected chi connectivity index (χ4v) is 3.48. The Morgan fingerprint density at radius 3 is 2.30 bits per heavy atom. The predicted molar refractivity (Wildman–Crippen MR) is 125 cm³/mol. The van der Waals surface area contributed by atoms with Crippen LogP contribution in [0.1, 0.15) is 28.7 Å². The van der Waals surface area contributed by atoms with E-state index in [2.05, 4.69) is 42.7 Å². The third-order valence-electron chi connectivity index (χ3n) is 5.27. The van der Waals surface area contributed by atoms with Crippen molar-refractivity contribution in [2.24, 2.45) is 0 Å². The van der Waals surface area contributed by atoms with Crippen LogP contribution in [0.2, 0.25) is 0 Å². The molecule has 0 nitrogen and oxygen atoms in total. The number of benzene rings is 4. The van der Waals surface area contributed by atoms with Crippen molar-refractivity contribution in [3.05, 3.63) is 120 Å². The highest BCUT2D eigenvalue weighted by Crippen LogP contribution is 2.27. The largest absolute Gasteiger partial charge is 0.205 e. The summed E-state index contributed by atoms with van der Waals surface area (Å²) in [6.45, 7) is 5.81. The number of hydrogen-bond acceptors (Lipinski definition) is 0. The van der Waals surface area contributed by atoms with E-state index >= 15 is 4.39 Å². The van der Waals surface area contributed by atoms with Crippen molar-refractivity contribution in [1.29, 1.82) is 0 Å². The summed E-state index contributed by atoms with van der Waals surface area (Å²) in [5.41, 5.74) is 5.98. The average molecular weight is 391 g/mol. The summed E-state index contributed by atoms with van der Waals surface area (Å²) in [7, 11) is 0. The van der Waals surface area contributed by atoms with Gasteiger partial charge in [0.2, 0.25) is 0 Å². The number of hydrogen-bond donors (Lipinski definition) is 0. The maximum atomic E-state index is 15.0. The second kappa shape index (κ2) is 8.80. The van der Waals surface area contributed by atoms with E-state index < -0.39 is 0 Å². The zero-order chi connectivity index (χ0) is 20.9. The first-order valence-corrected chi connectivity index (χ1v) is 10.2. The minimum absolute atomic E-state index is 0.265. The smallest absolute Gasteiger partial charge is 0.146 e. The lowest BCUT2D eigenvalue weighted by Gasteiger charge is -2.07. The standard InChI is InChI=1S/C29H23F/c1-3-4-5-22-10-13-24(14-11-22)26-18-19-28-27(20-26)17-16-25(29(28)30)15-12-23-8-6-21(2)7-9-23/h3,6-11,13-14,16-20H,1,4-5H2,2H3. The molecule has 0 radical (unpaired) electrons. The highest BCUT2D eigenvalue weighted by atomic mass is 19.1. The Morgan fingerprint density at radius 1 is 0.833 bits per heavy atom. The van der Waals surface area contributed by atoms with E-state index in [1.165, 1.54) is 11.1 Å². The van der Waals surface area contributed by atoms with Crippen LogP contribution in [-0.2, 0) is 6.42 Å². The van der Waals surface area contributed by atoms with Crippen LogP contribution < -0.4 is 0 Å². The van der Waals surface area contributed by atoms with E-state index in [1.54, 1.807) is 6.07 Å². The Labute approximate surface area is 177 Å². The van der Waals surface area contributed by atoms with Crippen molar-refractivity contribution in [3.63, 3.8) is 0 Å². The Bertz CT molecular complexity index is 1250. The maximum absolute atomic E-state index is 15.0. The van der Waals surface area contributed by atoms with Crippen LogP contribution in [-0.4, -0.2) is 0 Å². The Morgan fingerprint density at radius 2 is 1.57 bits per heavy atom. The SMILES string of the molecule is C=CCCc1ccc(-c2ccc3c(F)c(C#Cc4ccc(C)cc4)ccc3c2)cc1. The summed E-state index contributed by atoms with van der Waals surface area (Å²) >= 11 is 0. The lowest BCUT2D eigenvalue weighted by atomic mass is 9.98. The number of fused-ring (bicyclic) bond motifs is 1. The normalized spacial score (nSPS) is 10.5. The van der Waals surface area contributed by atoms with E-state index in [0.717, 1.165) is 34.9 Å². The molecule has 0 saturated heterocycles. The quantitative estimate of drug-likeness (QED) is 0.250. The van der Waals surface area contributed by atoms with E-state index in [-0.39, 0.29) is 5.82 Å². The first-order chi connectivity index (χ1) is 14.6. The highest BCUT2D eigenvalue weighted by molar-refractivity contribution is 5.89. The van der Waals surface area contributed by atoms with Gasteiger partial charge in [0.1, 0.15) is 5.82 Å². The molecule has 0 heterocycles. The van der Waals surface area contributed by atoms with Gasteiger partial charge in [0.25, 0.3) is 0 Å². The molecule has 0 aromatic heterocycles. The van der Waals surface area contributed by atoms with Gasteiger partial charge in [-0.25, -0.2) is 4.39 Å². The zero-order valence-corrected chi connectivity index (χ0v) is 17.1. The van der Waals surface area contributed by atoms with Gasteiger partial charge in [-0.05, 0) is 66.1 Å². The predicted octanol–water partition coefficient (Wildman–Crippen LogP) is 7.47. The molecule has 0 fully saturated rings. The molecule has 0 aliphatic carbocycles. The average Bonchev–Trinajstić information content (AvgIpc) is 2.78. The summed E-state index contributed by atoms with van der Waals surface area (Å²) in [5.74, 6) is 5.77. The molecule has 0 aliphatic rings. The third-order valence-corrected chi connectivity index (χ3v) is 5.27. The van der Waals surface area contributed by atoms with Gasteiger partial charge in [-0.1, -0.05) is 78.1 Å². The van der Waals surface area contributed by atoms with Gasteiger partial charge < -0.3 is 0 Å². The Kier molecular flexibility index (Phi) is 5.77. The maximum Gasteiger partial charge on any atom is 0.146 e. The molecular formula is C29H23F. The summed E-state index contributed by atoms with van der Waals surface area (Å²) in [6, 6.07) is 26.0. The lowest BCUT2D eigenvalue weighted by molar-refractivity contribution is 0.636. The summed E-state index contributed by atoms with van der Waals surface area (Å²) in [4.78, 5) is 0. The van der Waals surface area contributed by atoms with Crippen molar-refractivity contribution < 1.29 is 4.39 Å². The number of aryl methyl sites for hydroxylation is 2. The molecule has 0 spiro atoms. The molecule has 0 aliphatic heterocycles. The zero-order valence-electron chi connectivity index (χ0n) is 17.1. The number of rotatable bonds is 4. The van der Waals surface area contributed by atoms with E-state index in [9.17, 15) is 0 Å². The third kappa shape index (κ3) is 4.34. The van der Waals surface area contributed by atoms with Gasteiger partial charge in [-0.15, -0.1) is 6.58 Å². The lowest BCUT2D eigenvalue weighted by Crippen LogP contribution is -1.88. The molecule has 4 aromatic rings. The highest BCUT2D eigenvalue weighted by Gasteiger charge is 2.07. The molecule has 0 atom stereocenters. The van der Waals surface area contributed by atoms with Gasteiger partial charge in [0, 0.05) is 10.9 Å². The monoisotopic (exact) mass is 390 g/mol. The van der Waals surface area contributed by atoms with Crippen molar-refractivity contribution in [3.8, 4) is 23.0 Å². The van der Waals surface area contributed by atoms with Crippen LogP contribution in [0.15, 0.2) is 91.5 Å². The van der Waals surface area contributed by atoms with Crippen molar-refractivity contribution >= 4 is 10.8 Å². The fraction of sp³-hybridized carbons (Fsp3) is 0.103. The first kappa shape index (κ1) is 19.7. The van der Waals surface area contributed by atoms with Crippen LogP contribution in [0.25, 0.3) is 21.9 Å². The van der Waals surface area contributed by atoms with Crippen LogP contribution in [0.4, 0.5) is 4.39 Å². The fourth-order valence-electron chi connectivity index (χ4n) is 3.48. The molecule has 30 heavy (non-hydrogen) atoms. The van der Waals surface area contributed by atoms with Crippen LogP contribution in [0.3, 0.4) is 0 Å². The van der Waals surface area contributed by atoms with E-state index in [4.69, 9.17) is 0 Å². The topological polar surface area (TPSA) is 0 Å². The van der Waals surface area contributed by atoms with Crippen molar-refractivity contribution in [2.75, 3.05) is 0 Å². The van der Waals surface area contributed by atoms with Gasteiger partial charge in [-0.3, -0.25) is 0 Å². The molecule has 1 heteroatoms. The van der Waals surface area contributed by atoms with Crippen LogP contribution >= 0.6 is 0 Å². The van der Waals surface area contributed by atoms with Gasteiger partial charge in [0.15, 0.2) is 0 Å². The van der Waals surface area contributed by atoms with Crippen molar-refractivity contribution in [1.82, 2.24) is 0 Å². The molecule has 4 rings (SSSR count). The molecular weight excluding hydrogens is 367 g/mol. The molecule has 0 bridgehead atoms. The Balaban J connectivity index is 1.62. The summed E-state index contributed by atoms with van der Waals surface area (Å²) in [6.07, 6.45) is 3.91. The Hall–Kier alpha value is -3.63. The molecule has 0 amide bonds. The second-order valence-electron chi connectivity index (χ2n) is 7.50. The number of halogens is 1. The van der Waals surface area contributed by atoms with E-state index in [1.807, 2.05) is 61.5 Å². The minimum Gasteiger partial charge on any atom is -0.205 e. The summed E-state index contributed by atoms with van der Waals surface area (Å²) in [5, 5.41) is 1.47. The molecule has 4 aromatic carbocycles. The number of allylic oxidation sites excluding steroid dienone is 1. The molecule has 0 saturated carbocycles. The van der Waals surface area contributed by atoms with E-state index in [0.29, 0.717) is 10.9 Å². The van der Waals surface area contributed by atoms with Crippen LogP contribution in [0, 0.1) is 24.6 Å². The van der Waals surface area contributed by atoms with Gasteiger partial charge in [-0.2, -0.15) is 0 Å². The van der Waals surface area contributed by atoms with Gasteiger partial charge >= 0.3 is 0 Å². The van der Waals surface area contributed by atoms with Crippen LogP contribution in [0.5, 0.6) is 0 Å². The summed E-state index contributed by atoms with van der Waals surface area (Å²) < 4.78 is 15.0.